The van der Waals surface area contributed by atoms with Crippen molar-refractivity contribution in [3.05, 3.63) is 53.9 Å². The third kappa shape index (κ3) is 5.81. The number of benzene rings is 1. The number of pyridine rings is 1. The Kier molecular flexibility index (Phi) is 6.93. The number of amides is 1. The number of sulfonamides is 1. The van der Waals surface area contributed by atoms with Crippen molar-refractivity contribution in [2.45, 2.75) is 11.8 Å². The summed E-state index contributed by atoms with van der Waals surface area (Å²) in [6, 6.07) is 9.39. The van der Waals surface area contributed by atoms with Gasteiger partial charge in [-0.1, -0.05) is 11.8 Å². The molecule has 0 bridgehead atoms. The number of ether oxygens (including phenoxy) is 1. The smallest absolute Gasteiger partial charge is 0.252 e. The van der Waals surface area contributed by atoms with Crippen LogP contribution in [-0.4, -0.2) is 50.9 Å². The summed E-state index contributed by atoms with van der Waals surface area (Å²) in [5, 5.41) is 2.65. The predicted molar refractivity (Wildman–Crippen MR) is 102 cm³/mol. The van der Waals surface area contributed by atoms with E-state index in [1.54, 1.807) is 6.20 Å². The van der Waals surface area contributed by atoms with Crippen molar-refractivity contribution < 1.29 is 17.9 Å². The molecule has 1 heterocycles. The lowest BCUT2D eigenvalue weighted by molar-refractivity contribution is 0.0958. The van der Waals surface area contributed by atoms with E-state index in [0.29, 0.717) is 11.3 Å². The van der Waals surface area contributed by atoms with Crippen LogP contribution in [0.1, 0.15) is 16.1 Å². The zero-order chi connectivity index (χ0) is 19.9. The highest BCUT2D eigenvalue weighted by molar-refractivity contribution is 7.89. The molecule has 0 aliphatic rings. The minimum atomic E-state index is -3.51. The first-order valence-corrected chi connectivity index (χ1v) is 9.56. The van der Waals surface area contributed by atoms with Crippen LogP contribution in [0.25, 0.3) is 0 Å². The Morgan fingerprint density at radius 3 is 2.44 bits per heavy atom. The second-order valence-electron chi connectivity index (χ2n) is 5.77. The summed E-state index contributed by atoms with van der Waals surface area (Å²) in [6.45, 7) is 2.24. The lowest BCUT2D eigenvalue weighted by atomic mass is 10.2. The monoisotopic (exact) mass is 387 g/mol. The number of carbonyl (C=O) groups is 1. The van der Waals surface area contributed by atoms with Crippen LogP contribution in [0.15, 0.2) is 47.5 Å². The molecular weight excluding hydrogens is 366 g/mol. The Balaban J connectivity index is 1.81. The summed E-state index contributed by atoms with van der Waals surface area (Å²) < 4.78 is 30.5. The number of aromatic nitrogens is 1. The number of nitrogens with one attached hydrogen (secondary N) is 1. The van der Waals surface area contributed by atoms with Gasteiger partial charge in [0.05, 0.1) is 17.6 Å². The Hall–Kier alpha value is -2.89. The van der Waals surface area contributed by atoms with E-state index < -0.39 is 10.0 Å². The predicted octanol–water partition coefficient (Wildman–Crippen LogP) is 1.45. The zero-order valence-electron chi connectivity index (χ0n) is 15.4. The SMILES string of the molecule is Cc1ccc(OCC#CCNC(=O)c2ccc(S(=O)(=O)N(C)C)cc2)cn1. The topological polar surface area (TPSA) is 88.6 Å². The second-order valence-corrected chi connectivity index (χ2v) is 7.92. The van der Waals surface area contributed by atoms with E-state index in [1.807, 2.05) is 19.1 Å². The normalized spacial score (nSPS) is 10.8. The maximum absolute atomic E-state index is 12.0. The molecule has 0 radical (unpaired) electrons. The molecule has 1 aromatic carbocycles. The van der Waals surface area contributed by atoms with Gasteiger partial charge < -0.3 is 10.1 Å². The first kappa shape index (κ1) is 20.4. The minimum absolute atomic E-state index is 0.131. The Morgan fingerprint density at radius 1 is 1.15 bits per heavy atom. The van der Waals surface area contributed by atoms with Crippen molar-refractivity contribution in [3.8, 4) is 17.6 Å². The number of carbonyl (C=O) groups excluding carboxylic acids is 1. The molecule has 0 saturated heterocycles. The lowest BCUT2D eigenvalue weighted by Crippen LogP contribution is -2.24. The van der Waals surface area contributed by atoms with Crippen LogP contribution in [0.2, 0.25) is 0 Å². The molecule has 1 amide bonds. The van der Waals surface area contributed by atoms with Gasteiger partial charge in [0.15, 0.2) is 0 Å². The van der Waals surface area contributed by atoms with Gasteiger partial charge in [0.25, 0.3) is 5.91 Å². The highest BCUT2D eigenvalue weighted by atomic mass is 32.2. The Labute approximate surface area is 159 Å². The number of hydrogen-bond acceptors (Lipinski definition) is 5. The van der Waals surface area contributed by atoms with Crippen molar-refractivity contribution in [2.75, 3.05) is 27.2 Å². The highest BCUT2D eigenvalue weighted by Gasteiger charge is 2.17. The summed E-state index contributed by atoms with van der Waals surface area (Å²) in [6.07, 6.45) is 1.62. The van der Waals surface area contributed by atoms with Crippen LogP contribution >= 0.6 is 0 Å². The Bertz CT molecular complexity index is 941. The summed E-state index contributed by atoms with van der Waals surface area (Å²) in [5.74, 6) is 5.89. The van der Waals surface area contributed by atoms with Gasteiger partial charge >= 0.3 is 0 Å². The van der Waals surface area contributed by atoms with Gasteiger partial charge in [0.2, 0.25) is 10.0 Å². The lowest BCUT2D eigenvalue weighted by Gasteiger charge is -2.11. The van der Waals surface area contributed by atoms with Gasteiger partial charge in [-0.25, -0.2) is 12.7 Å². The third-order valence-corrected chi connectivity index (χ3v) is 5.38. The molecule has 0 fully saturated rings. The summed E-state index contributed by atoms with van der Waals surface area (Å²) in [7, 11) is -0.607. The van der Waals surface area contributed by atoms with Gasteiger partial charge in [-0.2, -0.15) is 0 Å². The van der Waals surface area contributed by atoms with Crippen LogP contribution in [-0.2, 0) is 10.0 Å². The standard InChI is InChI=1S/C19H21N3O4S/c1-15-6-9-17(14-21-15)26-13-5-4-12-20-19(23)16-7-10-18(11-8-16)27(24,25)22(2)3/h6-11,14H,12-13H2,1-3H3,(H,20,23). The maximum Gasteiger partial charge on any atom is 0.252 e. The van der Waals surface area contributed by atoms with Crippen LogP contribution in [0, 0.1) is 18.8 Å². The van der Waals surface area contributed by atoms with Gasteiger partial charge in [-0.05, 0) is 43.3 Å². The molecule has 142 valence electrons. The molecule has 2 rings (SSSR count). The minimum Gasteiger partial charge on any atom is -0.479 e. The van der Waals surface area contributed by atoms with E-state index in [9.17, 15) is 13.2 Å². The Morgan fingerprint density at radius 2 is 1.85 bits per heavy atom. The van der Waals surface area contributed by atoms with Crippen molar-refractivity contribution >= 4 is 15.9 Å². The average molecular weight is 387 g/mol. The maximum atomic E-state index is 12.0. The van der Waals surface area contributed by atoms with E-state index in [0.717, 1.165) is 10.00 Å². The number of aryl methyl sites for hydroxylation is 1. The first-order chi connectivity index (χ1) is 12.8. The van der Waals surface area contributed by atoms with Crippen molar-refractivity contribution in [3.63, 3.8) is 0 Å². The van der Waals surface area contributed by atoms with E-state index in [-0.39, 0.29) is 24.0 Å². The molecule has 0 spiro atoms. The largest absolute Gasteiger partial charge is 0.479 e. The fourth-order valence-corrected chi connectivity index (χ4v) is 2.89. The molecule has 1 aromatic heterocycles. The fraction of sp³-hybridized carbons (Fsp3) is 0.263. The van der Waals surface area contributed by atoms with E-state index >= 15 is 0 Å². The molecule has 0 aliphatic heterocycles. The van der Waals surface area contributed by atoms with Crippen molar-refractivity contribution in [1.29, 1.82) is 0 Å². The highest BCUT2D eigenvalue weighted by Crippen LogP contribution is 2.14. The first-order valence-electron chi connectivity index (χ1n) is 8.12. The van der Waals surface area contributed by atoms with Gasteiger partial charge in [0.1, 0.15) is 12.4 Å². The molecule has 2 aromatic rings. The number of nitrogens with zero attached hydrogens (tertiary/aromatic N) is 2. The summed E-state index contributed by atoms with van der Waals surface area (Å²) in [4.78, 5) is 16.3. The van der Waals surface area contributed by atoms with E-state index in [1.165, 1.54) is 38.4 Å². The third-order valence-electron chi connectivity index (χ3n) is 3.55. The van der Waals surface area contributed by atoms with E-state index in [4.69, 9.17) is 4.74 Å². The van der Waals surface area contributed by atoms with Gasteiger partial charge in [0, 0.05) is 25.4 Å². The second kappa shape index (κ2) is 9.16. The molecule has 0 aliphatic carbocycles. The molecule has 27 heavy (non-hydrogen) atoms. The molecule has 0 unspecified atom stereocenters. The summed E-state index contributed by atoms with van der Waals surface area (Å²) in [5.41, 5.74) is 1.26. The number of hydrogen-bond donors (Lipinski definition) is 1. The quantitative estimate of drug-likeness (QED) is 0.758. The molecule has 1 N–H and O–H groups in total. The summed E-state index contributed by atoms with van der Waals surface area (Å²) >= 11 is 0. The van der Waals surface area contributed by atoms with Crippen LogP contribution in [0.4, 0.5) is 0 Å². The molecule has 0 saturated carbocycles. The van der Waals surface area contributed by atoms with Gasteiger partial charge in [-0.3, -0.25) is 9.78 Å². The zero-order valence-corrected chi connectivity index (χ0v) is 16.2. The average Bonchev–Trinajstić information content (AvgIpc) is 2.65. The van der Waals surface area contributed by atoms with Crippen LogP contribution in [0.3, 0.4) is 0 Å². The molecule has 7 nitrogen and oxygen atoms in total. The fourth-order valence-electron chi connectivity index (χ4n) is 1.99. The van der Waals surface area contributed by atoms with Gasteiger partial charge in [-0.15, -0.1) is 0 Å². The van der Waals surface area contributed by atoms with Crippen molar-refractivity contribution in [2.24, 2.45) is 0 Å². The molecule has 8 heteroatoms. The van der Waals surface area contributed by atoms with Crippen molar-refractivity contribution in [1.82, 2.24) is 14.6 Å². The van der Waals surface area contributed by atoms with Crippen LogP contribution in [0.5, 0.6) is 5.75 Å². The number of rotatable bonds is 6. The molecular formula is C19H21N3O4S. The van der Waals surface area contributed by atoms with E-state index in [2.05, 4.69) is 22.1 Å². The molecule has 0 atom stereocenters. The van der Waals surface area contributed by atoms with Crippen LogP contribution < -0.4 is 10.1 Å².